The van der Waals surface area contributed by atoms with Gasteiger partial charge < -0.3 is 19.7 Å². The van der Waals surface area contributed by atoms with Crippen LogP contribution in [0.5, 0.6) is 5.75 Å². The predicted molar refractivity (Wildman–Crippen MR) is 94.5 cm³/mol. The summed E-state index contributed by atoms with van der Waals surface area (Å²) >= 11 is 5.85. The third-order valence-electron chi connectivity index (χ3n) is 3.69. The summed E-state index contributed by atoms with van der Waals surface area (Å²) in [5, 5.41) is 4.04. The molecule has 1 unspecified atom stereocenters. The maximum atomic E-state index is 5.85. The van der Waals surface area contributed by atoms with Crippen molar-refractivity contribution in [3.8, 4) is 5.75 Å². The largest absolute Gasteiger partial charge is 0.492 e. The van der Waals surface area contributed by atoms with Crippen molar-refractivity contribution in [2.45, 2.75) is 13.3 Å². The Bertz CT molecular complexity index is 487. The van der Waals surface area contributed by atoms with Gasteiger partial charge in [-0.25, -0.2) is 4.99 Å². The van der Waals surface area contributed by atoms with Gasteiger partial charge in [-0.2, -0.15) is 0 Å². The second-order valence-corrected chi connectivity index (χ2v) is 6.08. The van der Waals surface area contributed by atoms with Crippen LogP contribution in [0.25, 0.3) is 0 Å². The van der Waals surface area contributed by atoms with Gasteiger partial charge in [-0.3, -0.25) is 0 Å². The molecule has 0 aromatic heterocycles. The fraction of sp³-hybridized carbons (Fsp3) is 0.588. The number of halogens is 1. The minimum Gasteiger partial charge on any atom is -0.492 e. The van der Waals surface area contributed by atoms with Crippen molar-refractivity contribution in [2.75, 3.05) is 46.5 Å². The first-order valence-electron chi connectivity index (χ1n) is 8.14. The molecule has 1 aliphatic rings. The van der Waals surface area contributed by atoms with Crippen molar-refractivity contribution in [3.63, 3.8) is 0 Å². The normalized spacial score (nSPS) is 18.0. The van der Waals surface area contributed by atoms with Crippen LogP contribution in [0.1, 0.15) is 13.3 Å². The number of rotatable bonds is 7. The smallest absolute Gasteiger partial charge is 0.193 e. The van der Waals surface area contributed by atoms with E-state index in [1.54, 1.807) is 0 Å². The molecule has 1 aliphatic heterocycles. The molecule has 2 rings (SSSR count). The highest BCUT2D eigenvalue weighted by Crippen LogP contribution is 2.15. The van der Waals surface area contributed by atoms with E-state index in [-0.39, 0.29) is 0 Å². The molecule has 0 spiro atoms. The van der Waals surface area contributed by atoms with Crippen LogP contribution < -0.4 is 10.1 Å². The zero-order valence-electron chi connectivity index (χ0n) is 13.9. The number of nitrogens with one attached hydrogen (secondary N) is 1. The van der Waals surface area contributed by atoms with Crippen molar-refractivity contribution in [3.05, 3.63) is 29.3 Å². The standard InChI is InChI=1S/C17H26ClN3O2/c1-3-19-17(21(2)12-14-8-10-22-13-14)20-9-11-23-16-6-4-15(18)5-7-16/h4-7,14H,3,8-13H2,1-2H3,(H,19,20). The van der Waals surface area contributed by atoms with Gasteiger partial charge in [0.25, 0.3) is 0 Å². The van der Waals surface area contributed by atoms with Crippen molar-refractivity contribution in [1.82, 2.24) is 10.2 Å². The van der Waals surface area contributed by atoms with Gasteiger partial charge in [-0.1, -0.05) is 11.6 Å². The fourth-order valence-electron chi connectivity index (χ4n) is 2.52. The average Bonchev–Trinajstić information content (AvgIpc) is 3.05. The van der Waals surface area contributed by atoms with E-state index in [0.717, 1.165) is 44.4 Å². The van der Waals surface area contributed by atoms with Gasteiger partial charge in [0.15, 0.2) is 5.96 Å². The van der Waals surface area contributed by atoms with Crippen LogP contribution in [-0.4, -0.2) is 57.4 Å². The van der Waals surface area contributed by atoms with E-state index in [1.165, 1.54) is 0 Å². The van der Waals surface area contributed by atoms with E-state index < -0.39 is 0 Å². The topological polar surface area (TPSA) is 46.1 Å². The highest BCUT2D eigenvalue weighted by molar-refractivity contribution is 6.30. The lowest BCUT2D eigenvalue weighted by atomic mass is 10.1. The van der Waals surface area contributed by atoms with Crippen LogP contribution >= 0.6 is 11.6 Å². The Morgan fingerprint density at radius 3 is 2.87 bits per heavy atom. The van der Waals surface area contributed by atoms with Crippen LogP contribution in [-0.2, 0) is 4.74 Å². The van der Waals surface area contributed by atoms with E-state index in [4.69, 9.17) is 21.1 Å². The highest BCUT2D eigenvalue weighted by Gasteiger charge is 2.18. The fourth-order valence-corrected chi connectivity index (χ4v) is 2.64. The molecule has 0 bridgehead atoms. The highest BCUT2D eigenvalue weighted by atomic mass is 35.5. The summed E-state index contributed by atoms with van der Waals surface area (Å²) in [6, 6.07) is 7.37. The van der Waals surface area contributed by atoms with Gasteiger partial charge in [0.1, 0.15) is 12.4 Å². The molecule has 1 aromatic rings. The summed E-state index contributed by atoms with van der Waals surface area (Å²) in [6.45, 7) is 6.76. The Morgan fingerprint density at radius 2 is 2.22 bits per heavy atom. The molecule has 0 saturated carbocycles. The van der Waals surface area contributed by atoms with Gasteiger partial charge in [0.2, 0.25) is 0 Å². The molecule has 1 atom stereocenters. The third-order valence-corrected chi connectivity index (χ3v) is 3.94. The lowest BCUT2D eigenvalue weighted by molar-refractivity contribution is 0.181. The molecule has 1 heterocycles. The maximum absolute atomic E-state index is 5.85. The van der Waals surface area contributed by atoms with Crippen LogP contribution in [0, 0.1) is 5.92 Å². The monoisotopic (exact) mass is 339 g/mol. The van der Waals surface area contributed by atoms with Crippen molar-refractivity contribution in [1.29, 1.82) is 0 Å². The minimum absolute atomic E-state index is 0.539. The zero-order valence-corrected chi connectivity index (χ0v) is 14.7. The molecule has 0 amide bonds. The van der Waals surface area contributed by atoms with Gasteiger partial charge in [-0.15, -0.1) is 0 Å². The lowest BCUT2D eigenvalue weighted by Crippen LogP contribution is -2.41. The van der Waals surface area contributed by atoms with Crippen LogP contribution in [0.15, 0.2) is 29.3 Å². The molecule has 128 valence electrons. The van der Waals surface area contributed by atoms with Crippen molar-refractivity contribution >= 4 is 17.6 Å². The molecule has 0 aliphatic carbocycles. The van der Waals surface area contributed by atoms with E-state index in [1.807, 2.05) is 24.3 Å². The zero-order chi connectivity index (χ0) is 16.5. The minimum atomic E-state index is 0.539. The SMILES string of the molecule is CCNC(=NCCOc1ccc(Cl)cc1)N(C)CC1CCOC1. The molecule has 1 fully saturated rings. The van der Waals surface area contributed by atoms with E-state index >= 15 is 0 Å². The molecule has 0 radical (unpaired) electrons. The second-order valence-electron chi connectivity index (χ2n) is 5.65. The molecule has 1 aromatic carbocycles. The average molecular weight is 340 g/mol. The summed E-state index contributed by atoms with van der Waals surface area (Å²) in [4.78, 5) is 6.80. The molecular formula is C17H26ClN3O2. The number of aliphatic imine (C=N–C) groups is 1. The van der Waals surface area contributed by atoms with Gasteiger partial charge in [0.05, 0.1) is 13.2 Å². The van der Waals surface area contributed by atoms with Gasteiger partial charge in [0, 0.05) is 37.7 Å². The van der Waals surface area contributed by atoms with Crippen molar-refractivity contribution < 1.29 is 9.47 Å². The summed E-state index contributed by atoms with van der Waals surface area (Å²) in [5.41, 5.74) is 0. The quantitative estimate of drug-likeness (QED) is 0.471. The Hall–Kier alpha value is -1.46. The summed E-state index contributed by atoms with van der Waals surface area (Å²) < 4.78 is 11.1. The Morgan fingerprint density at radius 1 is 1.43 bits per heavy atom. The molecular weight excluding hydrogens is 314 g/mol. The third kappa shape index (κ3) is 6.28. The van der Waals surface area contributed by atoms with Gasteiger partial charge in [-0.05, 0) is 37.6 Å². The molecule has 1 saturated heterocycles. The number of hydrogen-bond acceptors (Lipinski definition) is 3. The number of nitrogens with zero attached hydrogens (tertiary/aromatic N) is 2. The van der Waals surface area contributed by atoms with E-state index in [0.29, 0.717) is 24.1 Å². The van der Waals surface area contributed by atoms with E-state index in [2.05, 4.69) is 29.2 Å². The molecule has 23 heavy (non-hydrogen) atoms. The molecule has 6 heteroatoms. The number of guanidine groups is 1. The number of hydrogen-bond donors (Lipinski definition) is 1. The van der Waals surface area contributed by atoms with E-state index in [9.17, 15) is 0 Å². The first-order chi connectivity index (χ1) is 11.2. The number of benzene rings is 1. The maximum Gasteiger partial charge on any atom is 0.193 e. The summed E-state index contributed by atoms with van der Waals surface area (Å²) in [5.74, 6) is 2.32. The first kappa shape index (κ1) is 17.9. The lowest BCUT2D eigenvalue weighted by Gasteiger charge is -2.24. The van der Waals surface area contributed by atoms with Crippen LogP contribution in [0.3, 0.4) is 0 Å². The first-order valence-corrected chi connectivity index (χ1v) is 8.52. The molecule has 1 N–H and O–H groups in total. The van der Waals surface area contributed by atoms with Crippen LogP contribution in [0.2, 0.25) is 5.02 Å². The summed E-state index contributed by atoms with van der Waals surface area (Å²) in [6.07, 6.45) is 1.13. The molecule has 5 nitrogen and oxygen atoms in total. The van der Waals surface area contributed by atoms with Gasteiger partial charge >= 0.3 is 0 Å². The van der Waals surface area contributed by atoms with Crippen LogP contribution in [0.4, 0.5) is 0 Å². The second kappa shape index (κ2) is 9.63. The predicted octanol–water partition coefficient (Wildman–Crippen LogP) is 2.65. The van der Waals surface area contributed by atoms with Crippen molar-refractivity contribution in [2.24, 2.45) is 10.9 Å². The Balaban J connectivity index is 1.78. The Labute approximate surface area is 143 Å². The number of ether oxygens (including phenoxy) is 2. The Kier molecular flexibility index (Phi) is 7.49. The summed E-state index contributed by atoms with van der Waals surface area (Å²) in [7, 11) is 2.07.